The van der Waals surface area contributed by atoms with E-state index < -0.39 is 0 Å². The number of ether oxygens (including phenoxy) is 2. The highest BCUT2D eigenvalue weighted by atomic mass is 16.5. The minimum Gasteiger partial charge on any atom is -0.508 e. The van der Waals surface area contributed by atoms with Gasteiger partial charge in [0.2, 0.25) is 0 Å². The van der Waals surface area contributed by atoms with Crippen molar-refractivity contribution >= 4 is 0 Å². The minimum absolute atomic E-state index is 0.301. The van der Waals surface area contributed by atoms with Crippen molar-refractivity contribution in [3.63, 3.8) is 0 Å². The van der Waals surface area contributed by atoms with Crippen LogP contribution >= 0.6 is 0 Å². The van der Waals surface area contributed by atoms with E-state index in [4.69, 9.17) is 9.47 Å². The van der Waals surface area contributed by atoms with Gasteiger partial charge in [-0.2, -0.15) is 0 Å². The summed E-state index contributed by atoms with van der Waals surface area (Å²) in [6.45, 7) is 2.25. The second-order valence-electron chi connectivity index (χ2n) is 4.29. The van der Waals surface area contributed by atoms with Gasteiger partial charge in [0.1, 0.15) is 11.5 Å². The summed E-state index contributed by atoms with van der Waals surface area (Å²) in [5.74, 6) is 1.06. The Balaban J connectivity index is 1.92. The predicted octanol–water partition coefficient (Wildman–Crippen LogP) is 1.67. The Hall–Kier alpha value is -1.26. The fraction of sp³-hybridized carbons (Fsp3) is 0.538. The quantitative estimate of drug-likeness (QED) is 0.836. The number of nitrogens with one attached hydrogen (secondary N) is 1. The fourth-order valence-corrected chi connectivity index (χ4v) is 1.99. The van der Waals surface area contributed by atoms with Crippen molar-refractivity contribution < 1.29 is 14.6 Å². The first-order chi connectivity index (χ1) is 8.29. The lowest BCUT2D eigenvalue weighted by Crippen LogP contribution is -2.36. The van der Waals surface area contributed by atoms with Crippen LogP contribution in [-0.2, 0) is 11.3 Å². The molecule has 0 radical (unpaired) electrons. The van der Waals surface area contributed by atoms with Crippen molar-refractivity contribution in [1.82, 2.24) is 5.32 Å². The summed E-state index contributed by atoms with van der Waals surface area (Å²) in [5, 5.41) is 13.1. The second-order valence-corrected chi connectivity index (χ2v) is 4.29. The SMILES string of the molecule is COc1ccc(O)c(CNC2CCCOC2)c1. The summed E-state index contributed by atoms with van der Waals surface area (Å²) >= 11 is 0. The van der Waals surface area contributed by atoms with Crippen LogP contribution in [0, 0.1) is 0 Å². The Bertz CT molecular complexity index is 362. The lowest BCUT2D eigenvalue weighted by atomic mass is 10.1. The van der Waals surface area contributed by atoms with Crippen molar-refractivity contribution in [2.24, 2.45) is 0 Å². The number of hydrogen-bond donors (Lipinski definition) is 2. The van der Waals surface area contributed by atoms with Gasteiger partial charge in [-0.1, -0.05) is 0 Å². The molecule has 0 aliphatic carbocycles. The van der Waals surface area contributed by atoms with Crippen LogP contribution < -0.4 is 10.1 Å². The molecule has 0 amide bonds. The van der Waals surface area contributed by atoms with Crippen molar-refractivity contribution in [1.29, 1.82) is 0 Å². The van der Waals surface area contributed by atoms with Crippen LogP contribution in [0.5, 0.6) is 11.5 Å². The largest absolute Gasteiger partial charge is 0.508 e. The topological polar surface area (TPSA) is 50.7 Å². The molecule has 1 atom stereocenters. The Morgan fingerprint density at radius 3 is 3.12 bits per heavy atom. The van der Waals surface area contributed by atoms with E-state index in [1.165, 1.54) is 0 Å². The maximum absolute atomic E-state index is 9.73. The van der Waals surface area contributed by atoms with Crippen LogP contribution in [0.4, 0.5) is 0 Å². The first-order valence-electron chi connectivity index (χ1n) is 5.96. The summed E-state index contributed by atoms with van der Waals surface area (Å²) in [7, 11) is 1.62. The van der Waals surface area contributed by atoms with Gasteiger partial charge in [-0.05, 0) is 31.0 Å². The van der Waals surface area contributed by atoms with Crippen molar-refractivity contribution in [2.75, 3.05) is 20.3 Å². The van der Waals surface area contributed by atoms with Gasteiger partial charge in [-0.25, -0.2) is 0 Å². The van der Waals surface area contributed by atoms with Gasteiger partial charge in [0.15, 0.2) is 0 Å². The van der Waals surface area contributed by atoms with Crippen LogP contribution in [0.2, 0.25) is 0 Å². The third kappa shape index (κ3) is 3.35. The smallest absolute Gasteiger partial charge is 0.120 e. The number of hydrogen-bond acceptors (Lipinski definition) is 4. The number of aromatic hydroxyl groups is 1. The first kappa shape index (κ1) is 12.2. The van der Waals surface area contributed by atoms with Gasteiger partial charge < -0.3 is 19.9 Å². The Labute approximate surface area is 102 Å². The van der Waals surface area contributed by atoms with Gasteiger partial charge >= 0.3 is 0 Å². The average Bonchev–Trinajstić information content (AvgIpc) is 2.39. The van der Waals surface area contributed by atoms with Crippen molar-refractivity contribution in [2.45, 2.75) is 25.4 Å². The zero-order chi connectivity index (χ0) is 12.1. The van der Waals surface area contributed by atoms with E-state index in [0.29, 0.717) is 18.3 Å². The number of phenolic OH excluding ortho intramolecular Hbond substituents is 1. The lowest BCUT2D eigenvalue weighted by Gasteiger charge is -2.23. The molecule has 17 heavy (non-hydrogen) atoms. The van der Waals surface area contributed by atoms with Crippen molar-refractivity contribution in [3.8, 4) is 11.5 Å². The zero-order valence-electron chi connectivity index (χ0n) is 10.1. The Morgan fingerprint density at radius 2 is 2.41 bits per heavy atom. The van der Waals surface area contributed by atoms with E-state index in [1.807, 2.05) is 6.07 Å². The highest BCUT2D eigenvalue weighted by Gasteiger charge is 2.13. The summed E-state index contributed by atoms with van der Waals surface area (Å²) in [6.07, 6.45) is 2.23. The molecule has 1 aliphatic heterocycles. The van der Waals surface area contributed by atoms with E-state index >= 15 is 0 Å². The molecule has 0 saturated carbocycles. The Morgan fingerprint density at radius 1 is 1.53 bits per heavy atom. The molecule has 1 aliphatic rings. The molecule has 1 fully saturated rings. The molecule has 1 aromatic rings. The molecule has 0 bridgehead atoms. The predicted molar refractivity (Wildman–Crippen MR) is 65.3 cm³/mol. The van der Waals surface area contributed by atoms with Gasteiger partial charge in [0, 0.05) is 24.8 Å². The van der Waals surface area contributed by atoms with E-state index in [0.717, 1.165) is 37.4 Å². The molecule has 1 aromatic carbocycles. The highest BCUT2D eigenvalue weighted by Crippen LogP contribution is 2.23. The second kappa shape index (κ2) is 5.89. The summed E-state index contributed by atoms with van der Waals surface area (Å²) in [4.78, 5) is 0. The van der Waals surface area contributed by atoms with E-state index in [1.54, 1.807) is 19.2 Å². The molecule has 2 rings (SSSR count). The molecule has 4 heteroatoms. The van der Waals surface area contributed by atoms with E-state index in [-0.39, 0.29) is 0 Å². The first-order valence-corrected chi connectivity index (χ1v) is 5.96. The number of methoxy groups -OCH3 is 1. The number of rotatable bonds is 4. The molecule has 0 spiro atoms. The van der Waals surface area contributed by atoms with Gasteiger partial charge in [-0.3, -0.25) is 0 Å². The van der Waals surface area contributed by atoms with Crippen LogP contribution in [0.3, 0.4) is 0 Å². The van der Waals surface area contributed by atoms with Crippen LogP contribution in [0.1, 0.15) is 18.4 Å². The zero-order valence-corrected chi connectivity index (χ0v) is 10.1. The highest BCUT2D eigenvalue weighted by molar-refractivity contribution is 5.39. The van der Waals surface area contributed by atoms with Crippen LogP contribution in [0.25, 0.3) is 0 Å². The third-order valence-electron chi connectivity index (χ3n) is 3.03. The molecule has 94 valence electrons. The molecule has 2 N–H and O–H groups in total. The fourth-order valence-electron chi connectivity index (χ4n) is 1.99. The van der Waals surface area contributed by atoms with Crippen molar-refractivity contribution in [3.05, 3.63) is 23.8 Å². The van der Waals surface area contributed by atoms with E-state index in [2.05, 4.69) is 5.32 Å². The number of phenols is 1. The molecule has 1 saturated heterocycles. The van der Waals surface area contributed by atoms with Crippen LogP contribution in [-0.4, -0.2) is 31.5 Å². The summed E-state index contributed by atoms with van der Waals surface area (Å²) < 4.78 is 10.5. The van der Waals surface area contributed by atoms with Crippen LogP contribution in [0.15, 0.2) is 18.2 Å². The Kier molecular flexibility index (Phi) is 4.23. The van der Waals surface area contributed by atoms with Gasteiger partial charge in [0.05, 0.1) is 13.7 Å². The standard InChI is InChI=1S/C13H19NO3/c1-16-12-4-5-13(15)10(7-12)8-14-11-3-2-6-17-9-11/h4-5,7,11,14-15H,2-3,6,8-9H2,1H3. The van der Waals surface area contributed by atoms with E-state index in [9.17, 15) is 5.11 Å². The average molecular weight is 237 g/mol. The third-order valence-corrected chi connectivity index (χ3v) is 3.03. The lowest BCUT2D eigenvalue weighted by molar-refractivity contribution is 0.0698. The molecular weight excluding hydrogens is 218 g/mol. The summed E-state index contributed by atoms with van der Waals surface area (Å²) in [5.41, 5.74) is 0.856. The minimum atomic E-state index is 0.301. The van der Waals surface area contributed by atoms with Gasteiger partial charge in [-0.15, -0.1) is 0 Å². The summed E-state index contributed by atoms with van der Waals surface area (Å²) in [6, 6.07) is 5.65. The molecule has 0 aromatic heterocycles. The van der Waals surface area contributed by atoms with Gasteiger partial charge in [0.25, 0.3) is 0 Å². The molecule has 1 heterocycles. The normalized spacial score (nSPS) is 20.2. The molecule has 4 nitrogen and oxygen atoms in total. The molecule has 1 unspecified atom stereocenters. The monoisotopic (exact) mass is 237 g/mol. The maximum Gasteiger partial charge on any atom is 0.120 e. The maximum atomic E-state index is 9.73. The number of benzene rings is 1. The molecular formula is C13H19NO3.